The number of alkyl halides is 3. The van der Waals surface area contributed by atoms with E-state index >= 15 is 0 Å². The van der Waals surface area contributed by atoms with E-state index in [1.165, 1.54) is 13.2 Å². The number of hydrogen-bond donors (Lipinski definition) is 1. The molecule has 0 heterocycles. The maximum atomic E-state index is 13.8. The van der Waals surface area contributed by atoms with Crippen molar-refractivity contribution in [2.75, 3.05) is 32.2 Å². The fourth-order valence-corrected chi connectivity index (χ4v) is 2.55. The first-order chi connectivity index (χ1) is 14.1. The average molecular weight is 494 g/mol. The van der Waals surface area contributed by atoms with Crippen LogP contribution in [0.3, 0.4) is 0 Å². The number of anilines is 1. The Morgan fingerprint density at radius 3 is 2.47 bits per heavy atom. The van der Waals surface area contributed by atoms with Gasteiger partial charge in [-0.1, -0.05) is 15.9 Å². The van der Waals surface area contributed by atoms with E-state index in [0.29, 0.717) is 10.5 Å². The highest BCUT2D eigenvalue weighted by Gasteiger charge is 2.31. The van der Waals surface area contributed by atoms with Gasteiger partial charge in [-0.15, -0.1) is 0 Å². The van der Waals surface area contributed by atoms with Crippen LogP contribution in [0.25, 0.3) is 0 Å². The predicted molar refractivity (Wildman–Crippen MR) is 102 cm³/mol. The van der Waals surface area contributed by atoms with Gasteiger partial charge in [0, 0.05) is 11.6 Å². The maximum absolute atomic E-state index is 13.8. The first kappa shape index (κ1) is 23.6. The Kier molecular flexibility index (Phi) is 8.18. The molecule has 2 rings (SSSR count). The maximum Gasteiger partial charge on any atom is 0.416 e. The van der Waals surface area contributed by atoms with Gasteiger partial charge in [0.1, 0.15) is 18.2 Å². The fourth-order valence-electron chi connectivity index (χ4n) is 2.21. The molecule has 0 fully saturated rings. The molecule has 2 aromatic rings. The molecular formula is C19H16BrF4NO5. The number of halogens is 5. The predicted octanol–water partition coefficient (Wildman–Crippen LogP) is 4.43. The summed E-state index contributed by atoms with van der Waals surface area (Å²) in [6.45, 7) is -0.643. The Labute approximate surface area is 177 Å². The molecule has 11 heteroatoms. The fraction of sp³-hybridized carbons (Fsp3) is 0.263. The smallest absolute Gasteiger partial charge is 0.416 e. The van der Waals surface area contributed by atoms with Crippen LogP contribution in [0.1, 0.15) is 15.9 Å². The minimum absolute atomic E-state index is 0.0290. The van der Waals surface area contributed by atoms with E-state index < -0.39 is 41.6 Å². The van der Waals surface area contributed by atoms with Crippen LogP contribution in [0.2, 0.25) is 0 Å². The Hall–Kier alpha value is -2.66. The average Bonchev–Trinajstić information content (AvgIpc) is 2.66. The summed E-state index contributed by atoms with van der Waals surface area (Å²) in [4.78, 5) is 24.0. The number of benzene rings is 2. The highest BCUT2D eigenvalue weighted by molar-refractivity contribution is 9.10. The highest BCUT2D eigenvalue weighted by Crippen LogP contribution is 2.35. The molecule has 0 aliphatic rings. The van der Waals surface area contributed by atoms with Gasteiger partial charge in [-0.2, -0.15) is 13.2 Å². The van der Waals surface area contributed by atoms with Crippen molar-refractivity contribution >= 4 is 33.5 Å². The normalized spacial score (nSPS) is 11.1. The van der Waals surface area contributed by atoms with Crippen LogP contribution in [0, 0.1) is 5.82 Å². The van der Waals surface area contributed by atoms with Crippen LogP contribution in [0.4, 0.5) is 23.2 Å². The number of carbonyl (C=O) groups is 2. The second-order valence-corrected chi connectivity index (χ2v) is 6.71. The summed E-state index contributed by atoms with van der Waals surface area (Å²) in [5.74, 6) is -2.92. The first-order valence-electron chi connectivity index (χ1n) is 8.37. The molecule has 0 bridgehead atoms. The molecule has 0 aliphatic carbocycles. The number of hydrogen-bond acceptors (Lipinski definition) is 5. The lowest BCUT2D eigenvalue weighted by Crippen LogP contribution is -2.22. The highest BCUT2D eigenvalue weighted by atomic mass is 79.9. The van der Waals surface area contributed by atoms with Crippen molar-refractivity contribution in [1.29, 1.82) is 0 Å². The van der Waals surface area contributed by atoms with E-state index in [0.717, 1.165) is 24.3 Å². The minimum Gasteiger partial charge on any atom is -0.489 e. The molecule has 30 heavy (non-hydrogen) atoms. The van der Waals surface area contributed by atoms with Crippen molar-refractivity contribution < 1.29 is 41.4 Å². The lowest BCUT2D eigenvalue weighted by molar-refractivity contribution is -0.137. The van der Waals surface area contributed by atoms with Crippen LogP contribution in [0.15, 0.2) is 40.9 Å². The molecule has 0 unspecified atom stereocenters. The van der Waals surface area contributed by atoms with Gasteiger partial charge in [-0.3, -0.25) is 4.79 Å². The van der Waals surface area contributed by atoms with Gasteiger partial charge in [0.15, 0.2) is 6.61 Å². The molecule has 0 spiro atoms. The topological polar surface area (TPSA) is 73.9 Å². The zero-order valence-corrected chi connectivity index (χ0v) is 17.1. The Morgan fingerprint density at radius 2 is 1.83 bits per heavy atom. The third-order valence-corrected chi connectivity index (χ3v) is 4.10. The van der Waals surface area contributed by atoms with Gasteiger partial charge in [0.05, 0.1) is 23.4 Å². The van der Waals surface area contributed by atoms with Crippen LogP contribution >= 0.6 is 15.9 Å². The molecule has 162 valence electrons. The van der Waals surface area contributed by atoms with Gasteiger partial charge in [-0.25, -0.2) is 9.18 Å². The van der Waals surface area contributed by atoms with Crippen LogP contribution in [-0.2, 0) is 20.4 Å². The lowest BCUT2D eigenvalue weighted by Gasteiger charge is -2.15. The molecule has 0 aliphatic heterocycles. The molecule has 1 amide bonds. The van der Waals surface area contributed by atoms with E-state index in [4.69, 9.17) is 14.2 Å². The summed E-state index contributed by atoms with van der Waals surface area (Å²) in [7, 11) is 1.42. The zero-order valence-electron chi connectivity index (χ0n) is 15.5. The van der Waals surface area contributed by atoms with Crippen molar-refractivity contribution in [3.05, 3.63) is 57.8 Å². The summed E-state index contributed by atoms with van der Waals surface area (Å²) in [6, 6.07) is 6.16. The molecular weight excluding hydrogens is 478 g/mol. The minimum atomic E-state index is -4.64. The monoisotopic (exact) mass is 493 g/mol. The van der Waals surface area contributed by atoms with Crippen molar-refractivity contribution in [1.82, 2.24) is 0 Å². The molecule has 0 radical (unpaired) electrons. The number of methoxy groups -OCH3 is 1. The molecule has 6 nitrogen and oxygen atoms in total. The van der Waals surface area contributed by atoms with Crippen LogP contribution in [0.5, 0.6) is 5.75 Å². The lowest BCUT2D eigenvalue weighted by atomic mass is 10.1. The Morgan fingerprint density at radius 1 is 1.10 bits per heavy atom. The van der Waals surface area contributed by atoms with Crippen molar-refractivity contribution in [3.63, 3.8) is 0 Å². The Balaban J connectivity index is 2.08. The second-order valence-electron chi connectivity index (χ2n) is 5.80. The second kappa shape index (κ2) is 10.4. The molecule has 0 aromatic heterocycles. The van der Waals surface area contributed by atoms with Gasteiger partial charge in [-0.05, 0) is 36.4 Å². The van der Waals surface area contributed by atoms with E-state index in [2.05, 4.69) is 21.2 Å². The molecule has 0 saturated heterocycles. The number of esters is 1. The van der Waals surface area contributed by atoms with Crippen LogP contribution in [-0.4, -0.2) is 38.8 Å². The standard InChI is InChI=1S/C19H16BrF4NO5/c1-28-6-7-29-16-5-2-11(19(22,23)24)8-15(16)25-17(26)10-30-18(27)13-4-3-12(20)9-14(13)21/h2-5,8-9H,6-7,10H2,1H3,(H,25,26). The van der Waals surface area contributed by atoms with Crippen molar-refractivity contribution in [2.45, 2.75) is 6.18 Å². The van der Waals surface area contributed by atoms with Crippen LogP contribution < -0.4 is 10.1 Å². The zero-order chi connectivity index (χ0) is 22.3. The van der Waals surface area contributed by atoms with Crippen molar-refractivity contribution in [2.24, 2.45) is 0 Å². The largest absolute Gasteiger partial charge is 0.489 e. The third-order valence-electron chi connectivity index (χ3n) is 3.61. The number of nitrogens with one attached hydrogen (secondary N) is 1. The summed E-state index contributed by atoms with van der Waals surface area (Å²) in [6.07, 6.45) is -4.64. The van der Waals surface area contributed by atoms with Gasteiger partial charge < -0.3 is 19.5 Å². The number of rotatable bonds is 8. The number of carbonyl (C=O) groups excluding carboxylic acids is 2. The first-order valence-corrected chi connectivity index (χ1v) is 9.16. The van der Waals surface area contributed by atoms with E-state index in [1.807, 2.05) is 0 Å². The summed E-state index contributed by atoms with van der Waals surface area (Å²) in [5.41, 5.74) is -1.67. The molecule has 0 saturated carbocycles. The van der Waals surface area contributed by atoms with Gasteiger partial charge in [0.2, 0.25) is 0 Å². The van der Waals surface area contributed by atoms with E-state index in [9.17, 15) is 27.2 Å². The van der Waals surface area contributed by atoms with Gasteiger partial charge >= 0.3 is 12.1 Å². The summed E-state index contributed by atoms with van der Waals surface area (Å²) < 4.78 is 67.9. The SMILES string of the molecule is COCCOc1ccc(C(F)(F)F)cc1NC(=O)COC(=O)c1ccc(Br)cc1F. The van der Waals surface area contributed by atoms with E-state index in [1.54, 1.807) is 0 Å². The van der Waals surface area contributed by atoms with Crippen molar-refractivity contribution in [3.8, 4) is 5.75 Å². The summed E-state index contributed by atoms with van der Waals surface area (Å²) >= 11 is 3.04. The number of ether oxygens (including phenoxy) is 3. The van der Waals surface area contributed by atoms with Gasteiger partial charge in [0.25, 0.3) is 5.91 Å². The molecule has 1 N–H and O–H groups in total. The summed E-state index contributed by atoms with van der Waals surface area (Å²) in [5, 5.41) is 2.20. The molecule has 2 aromatic carbocycles. The number of amides is 1. The quantitative estimate of drug-likeness (QED) is 0.334. The van der Waals surface area contributed by atoms with E-state index in [-0.39, 0.29) is 24.7 Å². The molecule has 0 atom stereocenters. The third kappa shape index (κ3) is 6.70. The Bertz CT molecular complexity index is 920.